The molecule has 1 aromatic carbocycles. The number of thiophene rings is 1. The molecule has 0 saturated carbocycles. The zero-order chi connectivity index (χ0) is 24.7. The minimum absolute atomic E-state index is 0.145. The lowest BCUT2D eigenvalue weighted by Crippen LogP contribution is -2.47. The van der Waals surface area contributed by atoms with Crippen LogP contribution in [0.25, 0.3) is 10.2 Å². The summed E-state index contributed by atoms with van der Waals surface area (Å²) >= 11 is 8.45. The quantitative estimate of drug-likeness (QED) is 0.323. The van der Waals surface area contributed by atoms with Crippen LogP contribution in [0.1, 0.15) is 29.5 Å². The molecule has 5 rings (SSSR count). The summed E-state index contributed by atoms with van der Waals surface area (Å²) in [6.07, 6.45) is 4.44. The fraction of sp³-hybridized carbons (Fsp3) is 0.292. The Labute approximate surface area is 217 Å². The van der Waals surface area contributed by atoms with E-state index < -0.39 is 16.1 Å². The number of carbonyl (C=O) groups excluding carboxylic acids is 1. The van der Waals surface area contributed by atoms with Crippen molar-refractivity contribution in [2.45, 2.75) is 43.5 Å². The summed E-state index contributed by atoms with van der Waals surface area (Å²) in [4.78, 5) is 24.6. The van der Waals surface area contributed by atoms with Crippen molar-refractivity contribution >= 4 is 65.6 Å². The van der Waals surface area contributed by atoms with E-state index in [1.54, 1.807) is 23.4 Å². The van der Waals surface area contributed by atoms with Crippen LogP contribution in [0.2, 0.25) is 4.34 Å². The summed E-state index contributed by atoms with van der Waals surface area (Å²) in [5.74, 6) is -0.286. The highest BCUT2D eigenvalue weighted by molar-refractivity contribution is 7.91. The molecule has 7 nitrogen and oxygen atoms in total. The van der Waals surface area contributed by atoms with Gasteiger partial charge in [-0.25, -0.2) is 13.4 Å². The molecule has 0 spiro atoms. The summed E-state index contributed by atoms with van der Waals surface area (Å²) in [6.45, 7) is 4.58. The fourth-order valence-electron chi connectivity index (χ4n) is 4.40. The normalized spacial score (nSPS) is 16.7. The van der Waals surface area contributed by atoms with Crippen molar-refractivity contribution in [3.63, 3.8) is 0 Å². The van der Waals surface area contributed by atoms with E-state index in [4.69, 9.17) is 16.6 Å². The number of halogens is 1. The predicted octanol–water partition coefficient (Wildman–Crippen LogP) is 5.41. The number of benzene rings is 1. The molecule has 0 radical (unpaired) electrons. The molecule has 1 unspecified atom stereocenters. The second-order valence-electron chi connectivity index (χ2n) is 8.54. The minimum Gasteiger partial charge on any atom is -0.282 e. The van der Waals surface area contributed by atoms with Gasteiger partial charge in [-0.05, 0) is 67.6 Å². The molecule has 1 aliphatic heterocycles. The van der Waals surface area contributed by atoms with E-state index in [1.807, 2.05) is 32.0 Å². The Hall–Kier alpha value is -2.37. The van der Waals surface area contributed by atoms with Crippen LogP contribution in [-0.2, 0) is 21.4 Å². The van der Waals surface area contributed by atoms with E-state index in [2.05, 4.69) is 11.1 Å². The van der Waals surface area contributed by atoms with E-state index in [1.165, 1.54) is 21.7 Å². The average Bonchev–Trinajstić information content (AvgIpc) is 3.57. The van der Waals surface area contributed by atoms with Crippen molar-refractivity contribution in [3.05, 3.63) is 69.8 Å². The van der Waals surface area contributed by atoms with Gasteiger partial charge in [-0.15, -0.1) is 11.3 Å². The molecule has 4 aromatic rings. The molecule has 35 heavy (non-hydrogen) atoms. The molecule has 1 amide bonds. The number of aryl methyl sites for hydroxylation is 2. The first-order valence-corrected chi connectivity index (χ1v) is 14.5. The van der Waals surface area contributed by atoms with Crippen molar-refractivity contribution in [2.24, 2.45) is 0 Å². The number of fused-ring (bicyclic) bond motifs is 1. The Balaban J connectivity index is 1.54. The van der Waals surface area contributed by atoms with Gasteiger partial charge in [-0.3, -0.25) is 14.7 Å². The Kier molecular flexibility index (Phi) is 6.67. The average molecular weight is 547 g/mol. The van der Waals surface area contributed by atoms with Crippen molar-refractivity contribution in [2.75, 3.05) is 11.4 Å². The van der Waals surface area contributed by atoms with E-state index in [0.717, 1.165) is 38.2 Å². The summed E-state index contributed by atoms with van der Waals surface area (Å²) in [5, 5.41) is 0.547. The number of hydrogen-bond acceptors (Lipinski definition) is 7. The van der Waals surface area contributed by atoms with E-state index in [0.29, 0.717) is 22.3 Å². The van der Waals surface area contributed by atoms with Gasteiger partial charge in [-0.1, -0.05) is 35.1 Å². The lowest BCUT2D eigenvalue weighted by atomic mass is 10.1. The minimum atomic E-state index is -3.85. The molecule has 1 fully saturated rings. The van der Waals surface area contributed by atoms with Crippen LogP contribution in [0.15, 0.2) is 53.0 Å². The molecule has 11 heteroatoms. The van der Waals surface area contributed by atoms with Crippen molar-refractivity contribution in [3.8, 4) is 0 Å². The third-order valence-corrected chi connectivity index (χ3v) is 10.8. The first kappa shape index (κ1) is 24.3. The second kappa shape index (κ2) is 9.59. The van der Waals surface area contributed by atoms with Crippen LogP contribution in [0, 0.1) is 13.8 Å². The Morgan fingerprint density at radius 1 is 1.23 bits per heavy atom. The summed E-state index contributed by atoms with van der Waals surface area (Å²) in [7, 11) is -3.85. The smallest absolute Gasteiger partial charge is 0.253 e. The number of thiazole rings is 1. The number of pyridine rings is 1. The molecule has 0 N–H and O–H groups in total. The zero-order valence-electron chi connectivity index (χ0n) is 19.1. The lowest BCUT2D eigenvalue weighted by molar-refractivity contribution is -0.121. The van der Waals surface area contributed by atoms with Crippen LogP contribution in [0.4, 0.5) is 5.13 Å². The number of amides is 1. The van der Waals surface area contributed by atoms with E-state index in [-0.39, 0.29) is 23.2 Å². The SMILES string of the molecule is Cc1cc(C)c2sc(N(Cc3cccnc3)C(=O)C3CCCN3S(=O)(=O)c3ccc(Cl)s3)nc2c1. The largest absolute Gasteiger partial charge is 0.282 e. The maximum absolute atomic E-state index is 14.0. The number of carbonyl (C=O) groups is 1. The molecule has 0 bridgehead atoms. The molecule has 1 aliphatic rings. The van der Waals surface area contributed by atoms with Crippen LogP contribution in [-0.4, -0.2) is 41.2 Å². The number of anilines is 1. The Morgan fingerprint density at radius 2 is 2.06 bits per heavy atom. The zero-order valence-corrected chi connectivity index (χ0v) is 22.3. The molecular formula is C24H23ClN4O3S3. The van der Waals surface area contributed by atoms with Gasteiger partial charge in [0, 0.05) is 18.9 Å². The van der Waals surface area contributed by atoms with Gasteiger partial charge in [0.15, 0.2) is 5.13 Å². The van der Waals surface area contributed by atoms with Crippen LogP contribution in [0.5, 0.6) is 0 Å². The van der Waals surface area contributed by atoms with E-state index in [9.17, 15) is 13.2 Å². The van der Waals surface area contributed by atoms with Crippen molar-refractivity contribution in [1.82, 2.24) is 14.3 Å². The fourth-order valence-corrected chi connectivity index (χ4v) is 8.68. The maximum Gasteiger partial charge on any atom is 0.253 e. The van der Waals surface area contributed by atoms with Gasteiger partial charge in [-0.2, -0.15) is 4.31 Å². The summed E-state index contributed by atoms with van der Waals surface area (Å²) in [6, 6.07) is 10.0. The van der Waals surface area contributed by atoms with Crippen LogP contribution >= 0.6 is 34.3 Å². The first-order chi connectivity index (χ1) is 16.7. The van der Waals surface area contributed by atoms with Gasteiger partial charge >= 0.3 is 0 Å². The summed E-state index contributed by atoms with van der Waals surface area (Å²) < 4.78 is 29.6. The van der Waals surface area contributed by atoms with Gasteiger partial charge < -0.3 is 0 Å². The second-order valence-corrected chi connectivity index (χ2v) is 13.4. The molecule has 0 aliphatic carbocycles. The van der Waals surface area contributed by atoms with Crippen LogP contribution in [0.3, 0.4) is 0 Å². The molecule has 3 aromatic heterocycles. The highest BCUT2D eigenvalue weighted by Gasteiger charge is 2.42. The van der Waals surface area contributed by atoms with Gasteiger partial charge in [0.05, 0.1) is 21.1 Å². The maximum atomic E-state index is 14.0. The number of hydrogen-bond donors (Lipinski definition) is 0. The monoisotopic (exact) mass is 546 g/mol. The predicted molar refractivity (Wildman–Crippen MR) is 141 cm³/mol. The summed E-state index contributed by atoms with van der Waals surface area (Å²) in [5.41, 5.74) is 3.86. The van der Waals surface area contributed by atoms with Crippen molar-refractivity contribution in [1.29, 1.82) is 0 Å². The molecule has 1 atom stereocenters. The lowest BCUT2D eigenvalue weighted by Gasteiger charge is -2.28. The highest BCUT2D eigenvalue weighted by atomic mass is 35.5. The molecule has 182 valence electrons. The number of rotatable bonds is 6. The molecule has 4 heterocycles. The third kappa shape index (κ3) is 4.73. The Bertz CT molecular complexity index is 1500. The highest BCUT2D eigenvalue weighted by Crippen LogP contribution is 2.36. The van der Waals surface area contributed by atoms with Gasteiger partial charge in [0.1, 0.15) is 10.3 Å². The first-order valence-electron chi connectivity index (χ1n) is 11.1. The number of sulfonamides is 1. The third-order valence-electron chi connectivity index (χ3n) is 5.97. The van der Waals surface area contributed by atoms with Gasteiger partial charge in [0.2, 0.25) is 5.91 Å². The number of aromatic nitrogens is 2. The number of nitrogens with zero attached hydrogens (tertiary/aromatic N) is 4. The van der Waals surface area contributed by atoms with Gasteiger partial charge in [0.25, 0.3) is 10.0 Å². The van der Waals surface area contributed by atoms with Crippen LogP contribution < -0.4 is 4.90 Å². The van der Waals surface area contributed by atoms with Crippen molar-refractivity contribution < 1.29 is 13.2 Å². The molecular weight excluding hydrogens is 524 g/mol. The standard InChI is InChI=1S/C24H23ClN4O3S3/c1-15-11-16(2)22-18(12-15)27-24(34-22)28(14-17-5-3-9-26-13-17)23(30)19-6-4-10-29(19)35(31,32)21-8-7-20(25)33-21/h3,5,7-9,11-13,19H,4,6,10,14H2,1-2H3. The van der Waals surface area contributed by atoms with E-state index >= 15 is 0 Å². The molecule has 1 saturated heterocycles. The Morgan fingerprint density at radius 3 is 2.77 bits per heavy atom. The topological polar surface area (TPSA) is 83.5 Å².